The van der Waals surface area contributed by atoms with Gasteiger partial charge in [-0.1, -0.05) is 32.4 Å². The monoisotopic (exact) mass is 263 g/mol. The van der Waals surface area contributed by atoms with E-state index >= 15 is 0 Å². The zero-order valence-corrected chi connectivity index (χ0v) is 12.7. The predicted octanol–water partition coefficient (Wildman–Crippen LogP) is 4.10. The van der Waals surface area contributed by atoms with Crippen LogP contribution in [-0.4, -0.2) is 12.6 Å². The van der Waals surface area contributed by atoms with E-state index in [9.17, 15) is 0 Å². The van der Waals surface area contributed by atoms with E-state index in [1.54, 1.807) is 0 Å². The first-order valence-corrected chi connectivity index (χ1v) is 7.71. The van der Waals surface area contributed by atoms with Crippen molar-refractivity contribution in [2.45, 2.75) is 65.3 Å². The first kappa shape index (κ1) is 16.0. The second kappa shape index (κ2) is 8.98. The fourth-order valence-electron chi connectivity index (χ4n) is 2.41. The van der Waals surface area contributed by atoms with E-state index in [0.29, 0.717) is 6.04 Å². The van der Waals surface area contributed by atoms with E-state index in [1.165, 1.54) is 17.5 Å². The number of ether oxygens (including phenoxy) is 1. The Bertz CT molecular complexity index is 362. The van der Waals surface area contributed by atoms with Gasteiger partial charge in [0.05, 0.1) is 6.61 Å². The molecule has 0 fully saturated rings. The van der Waals surface area contributed by atoms with Crippen LogP contribution in [0.2, 0.25) is 0 Å². The van der Waals surface area contributed by atoms with Gasteiger partial charge in [0.25, 0.3) is 0 Å². The molecule has 2 nitrogen and oxygen atoms in total. The van der Waals surface area contributed by atoms with E-state index in [-0.39, 0.29) is 0 Å². The fraction of sp³-hybridized carbons (Fsp3) is 0.647. The van der Waals surface area contributed by atoms with Crippen LogP contribution < -0.4 is 10.5 Å². The van der Waals surface area contributed by atoms with Crippen molar-refractivity contribution in [2.75, 3.05) is 6.61 Å². The molecule has 0 spiro atoms. The molecular formula is C17H29NO. The summed E-state index contributed by atoms with van der Waals surface area (Å²) < 4.78 is 5.71. The summed E-state index contributed by atoms with van der Waals surface area (Å²) in [6, 6.07) is 6.92. The van der Waals surface area contributed by atoms with E-state index < -0.39 is 0 Å². The van der Waals surface area contributed by atoms with Gasteiger partial charge in [0, 0.05) is 6.04 Å². The van der Waals surface area contributed by atoms with Crippen LogP contribution >= 0.6 is 0 Å². The summed E-state index contributed by atoms with van der Waals surface area (Å²) in [4.78, 5) is 0. The van der Waals surface area contributed by atoms with Gasteiger partial charge in [-0.05, 0) is 56.2 Å². The average Bonchev–Trinajstić information content (AvgIpc) is 2.41. The molecule has 0 radical (unpaired) electrons. The maximum atomic E-state index is 6.07. The molecule has 0 aromatic heterocycles. The van der Waals surface area contributed by atoms with Crippen molar-refractivity contribution in [3.8, 4) is 5.75 Å². The van der Waals surface area contributed by atoms with Gasteiger partial charge in [0.2, 0.25) is 0 Å². The standard InChI is InChI=1S/C17H29NO/c1-4-8-16(18)10-7-9-15-13-14(5-2)11-12-17(15)19-6-3/h11-13,16H,4-10,18H2,1-3H3. The normalized spacial score (nSPS) is 12.4. The second-order valence-electron chi connectivity index (χ2n) is 5.17. The maximum Gasteiger partial charge on any atom is 0.122 e. The van der Waals surface area contributed by atoms with Crippen molar-refractivity contribution in [2.24, 2.45) is 5.73 Å². The summed E-state index contributed by atoms with van der Waals surface area (Å²) in [6.45, 7) is 7.15. The Morgan fingerprint density at radius 2 is 1.95 bits per heavy atom. The summed E-state index contributed by atoms with van der Waals surface area (Å²) in [5, 5.41) is 0. The van der Waals surface area contributed by atoms with Crippen molar-refractivity contribution < 1.29 is 4.74 Å². The quantitative estimate of drug-likeness (QED) is 0.728. The minimum Gasteiger partial charge on any atom is -0.494 e. The molecule has 0 aliphatic rings. The van der Waals surface area contributed by atoms with Crippen molar-refractivity contribution >= 4 is 0 Å². The number of hydrogen-bond donors (Lipinski definition) is 1. The zero-order valence-electron chi connectivity index (χ0n) is 12.7. The third-order valence-electron chi connectivity index (χ3n) is 3.51. The van der Waals surface area contributed by atoms with Crippen LogP contribution in [0.3, 0.4) is 0 Å². The Kier molecular flexibility index (Phi) is 7.57. The summed E-state index contributed by atoms with van der Waals surface area (Å²) >= 11 is 0. The predicted molar refractivity (Wildman–Crippen MR) is 82.8 cm³/mol. The smallest absolute Gasteiger partial charge is 0.122 e. The molecule has 1 unspecified atom stereocenters. The number of nitrogens with two attached hydrogens (primary N) is 1. The Morgan fingerprint density at radius 1 is 1.16 bits per heavy atom. The number of benzene rings is 1. The van der Waals surface area contributed by atoms with Gasteiger partial charge >= 0.3 is 0 Å². The number of hydrogen-bond acceptors (Lipinski definition) is 2. The zero-order chi connectivity index (χ0) is 14.1. The average molecular weight is 263 g/mol. The topological polar surface area (TPSA) is 35.2 Å². The van der Waals surface area contributed by atoms with Crippen molar-refractivity contribution in [3.63, 3.8) is 0 Å². The van der Waals surface area contributed by atoms with Crippen LogP contribution in [0.25, 0.3) is 0 Å². The highest BCUT2D eigenvalue weighted by Gasteiger charge is 2.06. The molecule has 19 heavy (non-hydrogen) atoms. The lowest BCUT2D eigenvalue weighted by molar-refractivity contribution is 0.336. The second-order valence-corrected chi connectivity index (χ2v) is 5.17. The van der Waals surface area contributed by atoms with E-state index in [4.69, 9.17) is 10.5 Å². The molecule has 0 heterocycles. The Hall–Kier alpha value is -1.02. The highest BCUT2D eigenvalue weighted by Crippen LogP contribution is 2.23. The SMILES string of the molecule is CCCC(N)CCCc1cc(CC)ccc1OCC. The first-order valence-electron chi connectivity index (χ1n) is 7.71. The molecule has 0 saturated heterocycles. The molecule has 0 bridgehead atoms. The highest BCUT2D eigenvalue weighted by molar-refractivity contribution is 5.37. The number of rotatable bonds is 9. The van der Waals surface area contributed by atoms with Crippen LogP contribution in [-0.2, 0) is 12.8 Å². The third kappa shape index (κ3) is 5.65. The molecule has 1 atom stereocenters. The van der Waals surface area contributed by atoms with Gasteiger partial charge in [0.1, 0.15) is 5.75 Å². The van der Waals surface area contributed by atoms with Crippen molar-refractivity contribution in [1.29, 1.82) is 0 Å². The number of aryl methyl sites for hydroxylation is 2. The molecule has 2 heteroatoms. The molecule has 1 rings (SSSR count). The van der Waals surface area contributed by atoms with Gasteiger partial charge in [-0.25, -0.2) is 0 Å². The molecule has 1 aromatic carbocycles. The summed E-state index contributed by atoms with van der Waals surface area (Å²) in [7, 11) is 0. The molecule has 0 aliphatic heterocycles. The van der Waals surface area contributed by atoms with E-state index in [1.807, 2.05) is 6.92 Å². The lowest BCUT2D eigenvalue weighted by Gasteiger charge is -2.13. The Balaban J connectivity index is 2.58. The molecule has 0 saturated carbocycles. The molecule has 0 amide bonds. The lowest BCUT2D eigenvalue weighted by atomic mass is 10.00. The molecule has 0 aliphatic carbocycles. The highest BCUT2D eigenvalue weighted by atomic mass is 16.5. The minimum absolute atomic E-state index is 0.356. The van der Waals surface area contributed by atoms with E-state index in [0.717, 1.165) is 44.5 Å². The Labute approximate surface area is 118 Å². The fourth-order valence-corrected chi connectivity index (χ4v) is 2.41. The van der Waals surface area contributed by atoms with Crippen molar-refractivity contribution in [3.05, 3.63) is 29.3 Å². The maximum absolute atomic E-state index is 6.07. The van der Waals surface area contributed by atoms with Crippen LogP contribution in [0.15, 0.2) is 18.2 Å². The summed E-state index contributed by atoms with van der Waals surface area (Å²) in [5.74, 6) is 1.05. The Morgan fingerprint density at radius 3 is 2.58 bits per heavy atom. The summed E-state index contributed by atoms with van der Waals surface area (Å²) in [6.07, 6.45) is 6.71. The minimum atomic E-state index is 0.356. The van der Waals surface area contributed by atoms with Gasteiger partial charge < -0.3 is 10.5 Å². The largest absolute Gasteiger partial charge is 0.494 e. The van der Waals surface area contributed by atoms with Gasteiger partial charge in [0.15, 0.2) is 0 Å². The first-order chi connectivity index (χ1) is 9.21. The van der Waals surface area contributed by atoms with Crippen LogP contribution in [0.5, 0.6) is 5.75 Å². The van der Waals surface area contributed by atoms with Crippen LogP contribution in [0, 0.1) is 0 Å². The molecular weight excluding hydrogens is 234 g/mol. The van der Waals surface area contributed by atoms with Gasteiger partial charge in [-0.2, -0.15) is 0 Å². The third-order valence-corrected chi connectivity index (χ3v) is 3.51. The lowest BCUT2D eigenvalue weighted by Crippen LogP contribution is -2.19. The van der Waals surface area contributed by atoms with E-state index in [2.05, 4.69) is 32.0 Å². The summed E-state index contributed by atoms with van der Waals surface area (Å²) in [5.41, 5.74) is 8.79. The van der Waals surface area contributed by atoms with Gasteiger partial charge in [-0.15, -0.1) is 0 Å². The van der Waals surface area contributed by atoms with Crippen molar-refractivity contribution in [1.82, 2.24) is 0 Å². The molecule has 108 valence electrons. The van der Waals surface area contributed by atoms with Crippen LogP contribution in [0.1, 0.15) is 57.6 Å². The molecule has 2 N–H and O–H groups in total. The van der Waals surface area contributed by atoms with Crippen LogP contribution in [0.4, 0.5) is 0 Å². The molecule has 1 aromatic rings. The van der Waals surface area contributed by atoms with Gasteiger partial charge in [-0.3, -0.25) is 0 Å².